The van der Waals surface area contributed by atoms with Crippen molar-refractivity contribution >= 4 is 0 Å². The first kappa shape index (κ1) is 9.45. The van der Waals surface area contributed by atoms with E-state index in [1.54, 1.807) is 0 Å². The molecule has 1 unspecified atom stereocenters. The quantitative estimate of drug-likeness (QED) is 0.591. The van der Waals surface area contributed by atoms with Crippen LogP contribution < -0.4 is 0 Å². The summed E-state index contributed by atoms with van der Waals surface area (Å²) in [5.74, 6) is 0.641. The molecule has 0 aliphatic rings. The molecular formula is C8H16N2. The lowest BCUT2D eigenvalue weighted by Crippen LogP contribution is -2.23. The average molecular weight is 140 g/mol. The van der Waals surface area contributed by atoms with Crippen LogP contribution in [0, 0.1) is 23.2 Å². The Morgan fingerprint density at radius 3 is 2.00 bits per heavy atom. The summed E-state index contributed by atoms with van der Waals surface area (Å²) in [6.45, 7) is 5.03. The molecule has 0 aromatic heterocycles. The van der Waals surface area contributed by atoms with Gasteiger partial charge in [0.15, 0.2) is 0 Å². The molecular weight excluding hydrogens is 124 g/mol. The van der Waals surface area contributed by atoms with Crippen LogP contribution in [0.25, 0.3) is 0 Å². The van der Waals surface area contributed by atoms with Crippen molar-refractivity contribution in [3.8, 4) is 6.07 Å². The van der Waals surface area contributed by atoms with Crippen molar-refractivity contribution in [3.05, 3.63) is 0 Å². The molecule has 0 amide bonds. The minimum atomic E-state index is 0.176. The van der Waals surface area contributed by atoms with Crippen molar-refractivity contribution < 1.29 is 0 Å². The van der Waals surface area contributed by atoms with E-state index < -0.39 is 0 Å². The molecule has 1 atom stereocenters. The largest absolute Gasteiger partial charge is 0.308 e. The highest BCUT2D eigenvalue weighted by molar-refractivity contribution is 4.86. The van der Waals surface area contributed by atoms with Gasteiger partial charge < -0.3 is 4.90 Å². The van der Waals surface area contributed by atoms with Crippen LogP contribution in [-0.4, -0.2) is 25.5 Å². The van der Waals surface area contributed by atoms with Crippen molar-refractivity contribution in [1.82, 2.24) is 4.90 Å². The van der Waals surface area contributed by atoms with E-state index in [1.165, 1.54) is 0 Å². The molecule has 0 radical (unpaired) electrons. The summed E-state index contributed by atoms with van der Waals surface area (Å²) in [6, 6.07) is 2.29. The summed E-state index contributed by atoms with van der Waals surface area (Å²) in [7, 11) is 3.99. The second-order valence-electron chi connectivity index (χ2n) is 3.24. The minimum absolute atomic E-state index is 0.176. The maximum Gasteiger partial charge on any atom is 0.0671 e. The molecule has 0 rings (SSSR count). The van der Waals surface area contributed by atoms with Crippen molar-refractivity contribution in [2.75, 3.05) is 20.6 Å². The van der Waals surface area contributed by atoms with E-state index >= 15 is 0 Å². The van der Waals surface area contributed by atoms with Gasteiger partial charge in [0.2, 0.25) is 0 Å². The zero-order valence-electron chi connectivity index (χ0n) is 7.26. The van der Waals surface area contributed by atoms with Crippen molar-refractivity contribution in [2.45, 2.75) is 13.8 Å². The molecule has 2 nitrogen and oxygen atoms in total. The number of hydrogen-bond acceptors (Lipinski definition) is 2. The van der Waals surface area contributed by atoms with Crippen LogP contribution in [0.4, 0.5) is 0 Å². The predicted molar refractivity (Wildman–Crippen MR) is 42.5 cm³/mol. The molecule has 0 bridgehead atoms. The first-order valence-corrected chi connectivity index (χ1v) is 3.62. The Balaban J connectivity index is 3.75. The van der Waals surface area contributed by atoms with Crippen LogP contribution in [0.1, 0.15) is 13.8 Å². The molecule has 0 aromatic carbocycles. The molecule has 10 heavy (non-hydrogen) atoms. The highest BCUT2D eigenvalue weighted by Crippen LogP contribution is 2.09. The lowest BCUT2D eigenvalue weighted by molar-refractivity contribution is 0.317. The van der Waals surface area contributed by atoms with Crippen LogP contribution >= 0.6 is 0 Å². The van der Waals surface area contributed by atoms with Gasteiger partial charge in [-0.3, -0.25) is 0 Å². The summed E-state index contributed by atoms with van der Waals surface area (Å²) in [4.78, 5) is 2.05. The van der Waals surface area contributed by atoms with Gasteiger partial charge in [-0.25, -0.2) is 0 Å². The second-order valence-corrected chi connectivity index (χ2v) is 3.24. The van der Waals surface area contributed by atoms with E-state index in [2.05, 4.69) is 19.9 Å². The SMILES string of the molecule is CC(C)C(C#N)CN(C)C. The van der Waals surface area contributed by atoms with Gasteiger partial charge >= 0.3 is 0 Å². The van der Waals surface area contributed by atoms with Crippen LogP contribution in [0.15, 0.2) is 0 Å². The van der Waals surface area contributed by atoms with Gasteiger partial charge in [-0.05, 0) is 20.0 Å². The monoisotopic (exact) mass is 140 g/mol. The minimum Gasteiger partial charge on any atom is -0.308 e. The van der Waals surface area contributed by atoms with Crippen molar-refractivity contribution in [2.24, 2.45) is 11.8 Å². The van der Waals surface area contributed by atoms with Gasteiger partial charge in [-0.15, -0.1) is 0 Å². The van der Waals surface area contributed by atoms with E-state index in [-0.39, 0.29) is 5.92 Å². The summed E-state index contributed by atoms with van der Waals surface area (Å²) < 4.78 is 0. The average Bonchev–Trinajstić information content (AvgIpc) is 1.81. The maximum absolute atomic E-state index is 8.67. The third kappa shape index (κ3) is 3.47. The first-order chi connectivity index (χ1) is 4.57. The smallest absolute Gasteiger partial charge is 0.0671 e. The fourth-order valence-corrected chi connectivity index (χ4v) is 0.794. The van der Waals surface area contributed by atoms with Crippen LogP contribution in [0.5, 0.6) is 0 Å². The lowest BCUT2D eigenvalue weighted by atomic mass is 9.97. The topological polar surface area (TPSA) is 27.0 Å². The van der Waals surface area contributed by atoms with Gasteiger partial charge in [0, 0.05) is 6.54 Å². The predicted octanol–water partition coefficient (Wildman–Crippen LogP) is 1.34. The van der Waals surface area contributed by atoms with Gasteiger partial charge in [-0.2, -0.15) is 5.26 Å². The van der Waals surface area contributed by atoms with Crippen LogP contribution in [0.3, 0.4) is 0 Å². The molecule has 0 heterocycles. The van der Waals surface area contributed by atoms with E-state index in [0.717, 1.165) is 6.54 Å². The second kappa shape index (κ2) is 4.29. The maximum atomic E-state index is 8.67. The van der Waals surface area contributed by atoms with Gasteiger partial charge in [-0.1, -0.05) is 13.8 Å². The Bertz CT molecular complexity index is 122. The summed E-state index contributed by atoms with van der Waals surface area (Å²) >= 11 is 0. The fraction of sp³-hybridized carbons (Fsp3) is 0.875. The highest BCUT2D eigenvalue weighted by atomic mass is 15.1. The fourth-order valence-electron chi connectivity index (χ4n) is 0.794. The number of nitriles is 1. The summed E-state index contributed by atoms with van der Waals surface area (Å²) in [5, 5.41) is 8.67. The number of nitrogens with zero attached hydrogens (tertiary/aromatic N) is 2. The molecule has 0 spiro atoms. The Hall–Kier alpha value is -0.550. The highest BCUT2D eigenvalue weighted by Gasteiger charge is 2.12. The Labute approximate surface area is 63.4 Å². The normalized spacial score (nSPS) is 13.7. The Morgan fingerprint density at radius 1 is 1.40 bits per heavy atom. The molecule has 0 fully saturated rings. The van der Waals surface area contributed by atoms with E-state index in [9.17, 15) is 0 Å². The molecule has 0 aliphatic carbocycles. The van der Waals surface area contributed by atoms with Gasteiger partial charge in [0.25, 0.3) is 0 Å². The molecule has 0 aromatic rings. The summed E-state index contributed by atoms with van der Waals surface area (Å²) in [5.41, 5.74) is 0. The molecule has 0 N–H and O–H groups in total. The number of rotatable bonds is 3. The zero-order chi connectivity index (χ0) is 8.15. The molecule has 0 aliphatic heterocycles. The zero-order valence-corrected chi connectivity index (χ0v) is 7.26. The molecule has 0 saturated heterocycles. The third-order valence-electron chi connectivity index (χ3n) is 1.53. The number of hydrogen-bond donors (Lipinski definition) is 0. The van der Waals surface area contributed by atoms with Crippen molar-refractivity contribution in [1.29, 1.82) is 5.26 Å². The van der Waals surface area contributed by atoms with Crippen LogP contribution in [0.2, 0.25) is 0 Å². The van der Waals surface area contributed by atoms with Gasteiger partial charge in [0.1, 0.15) is 0 Å². The standard InChI is InChI=1S/C8H16N2/c1-7(2)8(5-9)6-10(3)4/h7-8H,6H2,1-4H3. The Morgan fingerprint density at radius 2 is 1.90 bits per heavy atom. The van der Waals surface area contributed by atoms with Crippen LogP contribution in [-0.2, 0) is 0 Å². The third-order valence-corrected chi connectivity index (χ3v) is 1.53. The molecule has 2 heteroatoms. The van der Waals surface area contributed by atoms with Gasteiger partial charge in [0.05, 0.1) is 12.0 Å². The lowest BCUT2D eigenvalue weighted by Gasteiger charge is -2.17. The molecule has 0 saturated carbocycles. The summed E-state index contributed by atoms with van der Waals surface area (Å²) in [6.07, 6.45) is 0. The Kier molecular flexibility index (Phi) is 4.06. The van der Waals surface area contributed by atoms with E-state index in [0.29, 0.717) is 5.92 Å². The van der Waals surface area contributed by atoms with E-state index in [4.69, 9.17) is 5.26 Å². The van der Waals surface area contributed by atoms with Crippen molar-refractivity contribution in [3.63, 3.8) is 0 Å². The van der Waals surface area contributed by atoms with E-state index in [1.807, 2.05) is 19.0 Å². The molecule has 58 valence electrons. The first-order valence-electron chi connectivity index (χ1n) is 3.62.